The number of nitrogen functional groups attached to an aromatic ring is 1. The maximum Gasteiger partial charge on any atom is 0.191 e. The van der Waals surface area contributed by atoms with E-state index in [1.54, 1.807) is 11.8 Å². The number of aryl methyl sites for hydroxylation is 1. The van der Waals surface area contributed by atoms with Gasteiger partial charge in [0, 0.05) is 10.1 Å². The molecule has 3 nitrogen and oxygen atoms in total. The monoisotopic (exact) mass is 293 g/mol. The lowest BCUT2D eigenvalue weighted by molar-refractivity contribution is 0.508. The molecule has 1 aliphatic rings. The first-order valence-corrected chi connectivity index (χ1v) is 8.48. The molecule has 102 valence electrons. The number of aromatic nitrogens is 2. The van der Waals surface area contributed by atoms with E-state index in [2.05, 4.69) is 25.8 Å². The fraction of sp³-hybridized carbons (Fsp3) is 0.571. The summed E-state index contributed by atoms with van der Waals surface area (Å²) in [7, 11) is 0. The van der Waals surface area contributed by atoms with E-state index in [4.69, 9.17) is 10.7 Å². The Hall–Kier alpha value is -0.810. The van der Waals surface area contributed by atoms with Crippen molar-refractivity contribution in [1.29, 1.82) is 0 Å². The molecule has 0 amide bonds. The Morgan fingerprint density at radius 1 is 1.37 bits per heavy atom. The van der Waals surface area contributed by atoms with Crippen molar-refractivity contribution in [1.82, 2.24) is 9.97 Å². The number of anilines is 1. The topological polar surface area (TPSA) is 51.8 Å². The van der Waals surface area contributed by atoms with Crippen LogP contribution in [0.15, 0.2) is 5.16 Å². The van der Waals surface area contributed by atoms with E-state index in [0.29, 0.717) is 11.1 Å². The number of nitrogens with two attached hydrogens (primary N) is 1. The molecular formula is C14H19N3S2. The van der Waals surface area contributed by atoms with Crippen LogP contribution >= 0.6 is 23.1 Å². The van der Waals surface area contributed by atoms with Gasteiger partial charge in [0.2, 0.25) is 0 Å². The molecule has 0 saturated heterocycles. The van der Waals surface area contributed by atoms with Gasteiger partial charge in [0.15, 0.2) is 5.16 Å². The van der Waals surface area contributed by atoms with E-state index in [1.807, 2.05) is 11.3 Å². The van der Waals surface area contributed by atoms with Crippen LogP contribution in [0.2, 0.25) is 0 Å². The summed E-state index contributed by atoms with van der Waals surface area (Å²) in [6, 6.07) is 0. The molecule has 2 N–H and O–H groups in total. The molecule has 2 aromatic rings. The lowest BCUT2D eigenvalue weighted by Crippen LogP contribution is -2.09. The van der Waals surface area contributed by atoms with E-state index < -0.39 is 0 Å². The van der Waals surface area contributed by atoms with Crippen molar-refractivity contribution >= 4 is 39.1 Å². The van der Waals surface area contributed by atoms with Gasteiger partial charge in [-0.25, -0.2) is 9.97 Å². The maximum atomic E-state index is 6.19. The molecule has 0 radical (unpaired) electrons. The smallest absolute Gasteiger partial charge is 0.191 e. The van der Waals surface area contributed by atoms with Crippen LogP contribution in [0.3, 0.4) is 0 Å². The second kappa shape index (κ2) is 4.94. The number of thioether (sulfide) groups is 1. The molecule has 0 fully saturated rings. The van der Waals surface area contributed by atoms with Crippen LogP contribution in [0.5, 0.6) is 0 Å². The number of rotatable bonds is 2. The first kappa shape index (κ1) is 13.2. The highest BCUT2D eigenvalue weighted by atomic mass is 32.2. The largest absolute Gasteiger partial charge is 0.383 e. The molecule has 19 heavy (non-hydrogen) atoms. The summed E-state index contributed by atoms with van der Waals surface area (Å²) in [5, 5.41) is 2.41. The number of hydrogen-bond acceptors (Lipinski definition) is 5. The van der Waals surface area contributed by atoms with Crippen molar-refractivity contribution in [3.8, 4) is 0 Å². The number of fused-ring (bicyclic) bond motifs is 3. The first-order valence-electron chi connectivity index (χ1n) is 6.79. The summed E-state index contributed by atoms with van der Waals surface area (Å²) >= 11 is 3.49. The van der Waals surface area contributed by atoms with Crippen molar-refractivity contribution in [2.45, 2.75) is 50.4 Å². The Morgan fingerprint density at radius 2 is 2.16 bits per heavy atom. The standard InChI is InChI=1S/C14H19N3S2/c1-7(2)18-14-16-12(15)11-9-6-8(3)4-5-10(9)19-13(11)17-14/h7-8H,4-6H2,1-3H3,(H2,15,16,17)/t8-/m1/s1. The summed E-state index contributed by atoms with van der Waals surface area (Å²) in [4.78, 5) is 11.7. The third-order valence-electron chi connectivity index (χ3n) is 3.50. The number of hydrogen-bond donors (Lipinski definition) is 1. The highest BCUT2D eigenvalue weighted by Crippen LogP contribution is 2.40. The van der Waals surface area contributed by atoms with Crippen molar-refractivity contribution in [2.75, 3.05) is 5.73 Å². The molecule has 0 aromatic carbocycles. The fourth-order valence-corrected chi connectivity index (χ4v) is 4.62. The van der Waals surface area contributed by atoms with E-state index in [9.17, 15) is 0 Å². The second-order valence-corrected chi connectivity index (χ2v) is 8.22. The highest BCUT2D eigenvalue weighted by Gasteiger charge is 2.23. The molecular weight excluding hydrogens is 274 g/mol. The lowest BCUT2D eigenvalue weighted by atomic mass is 9.89. The maximum absolute atomic E-state index is 6.19. The zero-order chi connectivity index (χ0) is 13.6. The SMILES string of the molecule is CC(C)Sc1nc(N)c2c3c(sc2n1)CC[C@@H](C)C3. The molecule has 0 unspecified atom stereocenters. The van der Waals surface area contributed by atoms with Gasteiger partial charge >= 0.3 is 0 Å². The van der Waals surface area contributed by atoms with Crippen molar-refractivity contribution in [3.05, 3.63) is 10.4 Å². The van der Waals surface area contributed by atoms with E-state index >= 15 is 0 Å². The zero-order valence-electron chi connectivity index (χ0n) is 11.6. The molecule has 2 aromatic heterocycles. The van der Waals surface area contributed by atoms with Crippen LogP contribution in [0.25, 0.3) is 10.2 Å². The zero-order valence-corrected chi connectivity index (χ0v) is 13.2. The van der Waals surface area contributed by atoms with Gasteiger partial charge in [0.05, 0.1) is 5.39 Å². The predicted molar refractivity (Wildman–Crippen MR) is 84.0 cm³/mol. The quantitative estimate of drug-likeness (QED) is 0.674. The molecule has 0 spiro atoms. The van der Waals surface area contributed by atoms with Crippen LogP contribution in [0.4, 0.5) is 5.82 Å². The van der Waals surface area contributed by atoms with Gasteiger partial charge in [-0.05, 0) is 30.7 Å². The third-order valence-corrected chi connectivity index (χ3v) is 5.55. The normalized spacial score (nSPS) is 19.1. The molecule has 1 atom stereocenters. The summed E-state index contributed by atoms with van der Waals surface area (Å²) in [6.45, 7) is 6.61. The Morgan fingerprint density at radius 3 is 2.89 bits per heavy atom. The van der Waals surface area contributed by atoms with Crippen LogP contribution in [-0.2, 0) is 12.8 Å². The Bertz CT molecular complexity index is 619. The van der Waals surface area contributed by atoms with Gasteiger partial charge in [-0.2, -0.15) is 0 Å². The van der Waals surface area contributed by atoms with E-state index in [0.717, 1.165) is 27.7 Å². The average Bonchev–Trinajstić information content (AvgIpc) is 2.65. The van der Waals surface area contributed by atoms with Crippen LogP contribution in [-0.4, -0.2) is 15.2 Å². The average molecular weight is 293 g/mol. The second-order valence-electron chi connectivity index (χ2n) is 5.59. The molecule has 2 heterocycles. The number of thiophene rings is 1. The predicted octanol–water partition coefficient (Wildman–Crippen LogP) is 3.90. The molecule has 0 bridgehead atoms. The molecule has 0 saturated carbocycles. The number of nitrogens with zero attached hydrogens (tertiary/aromatic N) is 2. The van der Waals surface area contributed by atoms with E-state index in [-0.39, 0.29) is 0 Å². The minimum absolute atomic E-state index is 0.478. The Kier molecular flexibility index (Phi) is 3.43. The third kappa shape index (κ3) is 2.46. The van der Waals surface area contributed by atoms with Crippen LogP contribution in [0, 0.1) is 5.92 Å². The van der Waals surface area contributed by atoms with Crippen molar-refractivity contribution in [2.24, 2.45) is 5.92 Å². The van der Waals surface area contributed by atoms with Crippen LogP contribution in [0.1, 0.15) is 37.6 Å². The fourth-order valence-electron chi connectivity index (χ4n) is 2.62. The van der Waals surface area contributed by atoms with Gasteiger partial charge < -0.3 is 5.73 Å². The summed E-state index contributed by atoms with van der Waals surface area (Å²) in [5.74, 6) is 1.41. The Balaban J connectivity index is 2.12. The molecule has 1 aliphatic carbocycles. The summed E-state index contributed by atoms with van der Waals surface area (Å²) in [6.07, 6.45) is 3.57. The molecule has 3 rings (SSSR count). The minimum atomic E-state index is 0.478. The van der Waals surface area contributed by atoms with Gasteiger partial charge in [0.1, 0.15) is 10.6 Å². The van der Waals surface area contributed by atoms with Crippen molar-refractivity contribution in [3.63, 3.8) is 0 Å². The van der Waals surface area contributed by atoms with Gasteiger partial charge in [-0.1, -0.05) is 32.5 Å². The lowest BCUT2D eigenvalue weighted by Gasteiger charge is -2.18. The first-order chi connectivity index (χ1) is 9.04. The highest BCUT2D eigenvalue weighted by molar-refractivity contribution is 7.99. The van der Waals surface area contributed by atoms with Crippen molar-refractivity contribution < 1.29 is 0 Å². The van der Waals surface area contributed by atoms with Gasteiger partial charge in [0.25, 0.3) is 0 Å². The van der Waals surface area contributed by atoms with Gasteiger partial charge in [-0.3, -0.25) is 0 Å². The molecule has 5 heteroatoms. The minimum Gasteiger partial charge on any atom is -0.383 e. The van der Waals surface area contributed by atoms with E-state index in [1.165, 1.54) is 23.3 Å². The Labute approximate surface area is 122 Å². The molecule has 0 aliphatic heterocycles. The van der Waals surface area contributed by atoms with Gasteiger partial charge in [-0.15, -0.1) is 11.3 Å². The van der Waals surface area contributed by atoms with Crippen LogP contribution < -0.4 is 5.73 Å². The summed E-state index contributed by atoms with van der Waals surface area (Å²) < 4.78 is 0. The summed E-state index contributed by atoms with van der Waals surface area (Å²) in [5.41, 5.74) is 7.60.